The van der Waals surface area contributed by atoms with Crippen LogP contribution in [-0.2, 0) is 6.42 Å². The molecule has 6 heteroatoms. The molecule has 4 aromatic rings. The van der Waals surface area contributed by atoms with E-state index in [1.165, 1.54) is 5.56 Å². The lowest BCUT2D eigenvalue weighted by Gasteiger charge is -2.10. The molecular weight excluding hydrogens is 411 g/mol. The van der Waals surface area contributed by atoms with Crippen molar-refractivity contribution in [3.8, 4) is 17.6 Å². The molecule has 0 aliphatic heterocycles. The summed E-state index contributed by atoms with van der Waals surface area (Å²) in [6, 6.07) is 17.3. The summed E-state index contributed by atoms with van der Waals surface area (Å²) in [5.41, 5.74) is 1.75. The van der Waals surface area contributed by atoms with Gasteiger partial charge in [-0.2, -0.15) is 0 Å². The number of benzene rings is 4. The van der Waals surface area contributed by atoms with Gasteiger partial charge in [-0.25, -0.2) is 8.78 Å². The molecule has 0 N–H and O–H groups in total. The lowest BCUT2D eigenvalue weighted by molar-refractivity contribution is -0.276. The van der Waals surface area contributed by atoms with Crippen LogP contribution in [0.2, 0.25) is 0 Å². The van der Waals surface area contributed by atoms with Crippen LogP contribution in [0.3, 0.4) is 0 Å². The summed E-state index contributed by atoms with van der Waals surface area (Å²) in [6.45, 7) is 2.10. The predicted octanol–water partition coefficient (Wildman–Crippen LogP) is 7.13. The molecule has 156 valence electrons. The van der Waals surface area contributed by atoms with Gasteiger partial charge in [0.15, 0.2) is 11.6 Å². The van der Waals surface area contributed by atoms with Crippen LogP contribution >= 0.6 is 0 Å². The van der Waals surface area contributed by atoms with Crippen LogP contribution in [0.1, 0.15) is 23.6 Å². The zero-order chi connectivity index (χ0) is 22.2. The topological polar surface area (TPSA) is 9.23 Å². The van der Waals surface area contributed by atoms with Crippen molar-refractivity contribution in [2.45, 2.75) is 19.7 Å². The third-order valence-corrected chi connectivity index (χ3v) is 4.88. The Balaban J connectivity index is 1.67. The van der Waals surface area contributed by atoms with Crippen LogP contribution in [0, 0.1) is 23.5 Å². The third kappa shape index (κ3) is 4.46. The van der Waals surface area contributed by atoms with Crippen molar-refractivity contribution in [3.05, 3.63) is 89.0 Å². The van der Waals surface area contributed by atoms with Crippen molar-refractivity contribution in [1.29, 1.82) is 0 Å². The Labute approximate surface area is 175 Å². The fraction of sp³-hybridized carbons (Fsp3) is 0.120. The highest BCUT2D eigenvalue weighted by molar-refractivity contribution is 6.07. The van der Waals surface area contributed by atoms with Crippen LogP contribution in [0.25, 0.3) is 21.5 Å². The Morgan fingerprint density at radius 1 is 0.742 bits per heavy atom. The monoisotopic (exact) mass is 426 g/mol. The first kappa shape index (κ1) is 20.7. The maximum Gasteiger partial charge on any atom is 0.573 e. The number of halogens is 5. The van der Waals surface area contributed by atoms with Gasteiger partial charge >= 0.3 is 6.36 Å². The Morgan fingerprint density at radius 2 is 1.32 bits per heavy atom. The number of hydrogen-bond donors (Lipinski definition) is 0. The molecular formula is C25H15F5O. The smallest absolute Gasteiger partial charge is 0.399 e. The number of aryl methyl sites for hydroxylation is 1. The van der Waals surface area contributed by atoms with Crippen LogP contribution in [0.5, 0.6) is 5.75 Å². The first-order chi connectivity index (χ1) is 14.7. The lowest BCUT2D eigenvalue weighted by atomic mass is 9.98. The summed E-state index contributed by atoms with van der Waals surface area (Å²) in [6.07, 6.45) is -4.24. The molecule has 0 saturated heterocycles. The molecule has 0 amide bonds. The highest BCUT2D eigenvalue weighted by Crippen LogP contribution is 2.30. The van der Waals surface area contributed by atoms with E-state index in [1.54, 1.807) is 6.07 Å². The maximum atomic E-state index is 13.8. The van der Waals surface area contributed by atoms with E-state index in [-0.39, 0.29) is 5.56 Å². The van der Waals surface area contributed by atoms with Crippen LogP contribution in [0.15, 0.2) is 60.7 Å². The zero-order valence-electron chi connectivity index (χ0n) is 16.3. The second-order valence-electron chi connectivity index (χ2n) is 6.98. The minimum absolute atomic E-state index is 0.102. The minimum Gasteiger partial charge on any atom is -0.399 e. The first-order valence-electron chi connectivity index (χ1n) is 9.46. The molecule has 0 aliphatic rings. The molecule has 0 fully saturated rings. The highest BCUT2D eigenvalue weighted by Gasteiger charge is 2.34. The largest absolute Gasteiger partial charge is 0.573 e. The van der Waals surface area contributed by atoms with E-state index < -0.39 is 23.7 Å². The summed E-state index contributed by atoms with van der Waals surface area (Å²) >= 11 is 0. The van der Waals surface area contributed by atoms with E-state index in [1.807, 2.05) is 24.3 Å². The SMILES string of the molecule is CCc1ccc2c(ccc3cc(C#Cc4cc(F)c(OC(F)(F)F)c(F)c4)ccc32)c1. The molecule has 0 saturated carbocycles. The fourth-order valence-corrected chi connectivity index (χ4v) is 3.41. The van der Waals surface area contributed by atoms with Crippen molar-refractivity contribution < 1.29 is 26.7 Å². The van der Waals surface area contributed by atoms with Gasteiger partial charge < -0.3 is 4.74 Å². The van der Waals surface area contributed by atoms with Gasteiger partial charge in [0.05, 0.1) is 0 Å². The molecule has 4 aromatic carbocycles. The average molecular weight is 426 g/mol. The van der Waals surface area contributed by atoms with E-state index in [4.69, 9.17) is 0 Å². The number of ether oxygens (including phenoxy) is 1. The molecule has 31 heavy (non-hydrogen) atoms. The van der Waals surface area contributed by atoms with Gasteiger partial charge in [0.25, 0.3) is 0 Å². The number of alkyl halides is 3. The standard InChI is InChI=1S/C25H15F5O/c1-2-15-5-9-20-18(11-15)7-8-19-12-16(6-10-21(19)20)3-4-17-13-22(26)24(23(27)14-17)31-25(28,29)30/h5-14H,2H2,1H3. The maximum absolute atomic E-state index is 13.8. The van der Waals surface area contributed by atoms with Gasteiger partial charge in [0.2, 0.25) is 5.75 Å². The van der Waals surface area contributed by atoms with Gasteiger partial charge in [0.1, 0.15) is 0 Å². The molecule has 0 aliphatic carbocycles. The van der Waals surface area contributed by atoms with E-state index >= 15 is 0 Å². The van der Waals surface area contributed by atoms with Crippen LogP contribution < -0.4 is 4.74 Å². The van der Waals surface area contributed by atoms with E-state index in [2.05, 4.69) is 41.7 Å². The molecule has 0 unspecified atom stereocenters. The summed E-state index contributed by atoms with van der Waals surface area (Å²) in [5, 5.41) is 4.25. The van der Waals surface area contributed by atoms with Gasteiger partial charge in [0, 0.05) is 11.1 Å². The van der Waals surface area contributed by atoms with E-state index in [0.29, 0.717) is 17.7 Å². The van der Waals surface area contributed by atoms with Gasteiger partial charge in [-0.1, -0.05) is 55.2 Å². The Morgan fingerprint density at radius 3 is 1.94 bits per heavy atom. The van der Waals surface area contributed by atoms with E-state index in [0.717, 1.165) is 28.0 Å². The highest BCUT2D eigenvalue weighted by atomic mass is 19.4. The molecule has 0 atom stereocenters. The van der Waals surface area contributed by atoms with Crippen LogP contribution in [-0.4, -0.2) is 6.36 Å². The Bertz CT molecular complexity index is 1340. The van der Waals surface area contributed by atoms with Gasteiger partial charge in [-0.15, -0.1) is 13.2 Å². The zero-order valence-corrected chi connectivity index (χ0v) is 16.3. The fourth-order valence-electron chi connectivity index (χ4n) is 3.41. The Kier molecular flexibility index (Phi) is 5.28. The van der Waals surface area contributed by atoms with E-state index in [9.17, 15) is 22.0 Å². The summed E-state index contributed by atoms with van der Waals surface area (Å²) in [5.74, 6) is 0.932. The summed E-state index contributed by atoms with van der Waals surface area (Å²) in [4.78, 5) is 0. The Hall–Kier alpha value is -3.59. The van der Waals surface area contributed by atoms with Gasteiger partial charge in [-0.3, -0.25) is 0 Å². The number of hydrogen-bond acceptors (Lipinski definition) is 1. The lowest BCUT2D eigenvalue weighted by Crippen LogP contribution is -2.19. The molecule has 0 spiro atoms. The van der Waals surface area contributed by atoms with Crippen molar-refractivity contribution >= 4 is 21.5 Å². The minimum atomic E-state index is -5.19. The molecule has 0 bridgehead atoms. The molecule has 0 radical (unpaired) electrons. The third-order valence-electron chi connectivity index (χ3n) is 4.88. The number of fused-ring (bicyclic) bond motifs is 3. The van der Waals surface area contributed by atoms with Crippen LogP contribution in [0.4, 0.5) is 22.0 Å². The summed E-state index contributed by atoms with van der Waals surface area (Å²) < 4.78 is 67.8. The molecule has 1 nitrogen and oxygen atoms in total. The van der Waals surface area contributed by atoms with Crippen molar-refractivity contribution in [1.82, 2.24) is 0 Å². The molecule has 0 heterocycles. The van der Waals surface area contributed by atoms with Crippen molar-refractivity contribution in [3.63, 3.8) is 0 Å². The summed E-state index contributed by atoms with van der Waals surface area (Å²) in [7, 11) is 0. The second-order valence-corrected chi connectivity index (χ2v) is 6.98. The molecule has 0 aromatic heterocycles. The quantitative estimate of drug-likeness (QED) is 0.188. The second kappa shape index (κ2) is 7.92. The van der Waals surface area contributed by atoms with Crippen molar-refractivity contribution in [2.24, 2.45) is 0 Å². The average Bonchev–Trinajstić information content (AvgIpc) is 2.73. The van der Waals surface area contributed by atoms with Crippen molar-refractivity contribution in [2.75, 3.05) is 0 Å². The number of rotatable bonds is 2. The normalized spacial score (nSPS) is 11.4. The predicted molar refractivity (Wildman–Crippen MR) is 110 cm³/mol. The molecule has 4 rings (SSSR count). The van der Waals surface area contributed by atoms with Gasteiger partial charge in [-0.05, 0) is 57.8 Å². The first-order valence-corrected chi connectivity index (χ1v) is 9.46.